The first-order chi connectivity index (χ1) is 14.1. The highest BCUT2D eigenvalue weighted by Gasteiger charge is 2.27. The summed E-state index contributed by atoms with van der Waals surface area (Å²) in [6.45, 7) is 3.54. The van der Waals surface area contributed by atoms with Crippen LogP contribution in [0.3, 0.4) is 0 Å². The first-order valence-electron chi connectivity index (χ1n) is 9.47. The molecule has 0 saturated carbocycles. The highest BCUT2D eigenvalue weighted by Crippen LogP contribution is 2.29. The van der Waals surface area contributed by atoms with Crippen LogP contribution in [0, 0.1) is 19.7 Å². The molecule has 9 heteroatoms. The third-order valence-corrected chi connectivity index (χ3v) is 6.33. The number of nitrogens with one attached hydrogen (secondary N) is 1. The summed E-state index contributed by atoms with van der Waals surface area (Å²) in [4.78, 5) is 13.0. The van der Waals surface area contributed by atoms with Gasteiger partial charge >= 0.3 is 0 Å². The molecule has 1 heterocycles. The molecule has 0 atom stereocenters. The van der Waals surface area contributed by atoms with Crippen molar-refractivity contribution in [1.82, 2.24) is 9.78 Å². The fourth-order valence-electron chi connectivity index (χ4n) is 3.72. The monoisotopic (exact) mass is 428 g/mol. The number of benzene rings is 2. The largest absolute Gasteiger partial charge is 0.320 e. The first kappa shape index (κ1) is 20.2. The summed E-state index contributed by atoms with van der Waals surface area (Å²) in [5, 5.41) is 12.5. The lowest BCUT2D eigenvalue weighted by Crippen LogP contribution is -2.18. The number of carbonyl (C=O) groups excluding carboxylic acids is 1. The molecule has 1 aliphatic carbocycles. The Kier molecular flexibility index (Phi) is 4.95. The Morgan fingerprint density at radius 2 is 1.87 bits per heavy atom. The van der Waals surface area contributed by atoms with Crippen molar-refractivity contribution in [2.75, 3.05) is 5.32 Å². The van der Waals surface area contributed by atoms with E-state index in [1.807, 2.05) is 0 Å². The van der Waals surface area contributed by atoms with E-state index in [9.17, 15) is 17.6 Å². The maximum absolute atomic E-state index is 13.3. The Morgan fingerprint density at radius 1 is 1.17 bits per heavy atom. The number of aryl methyl sites for hydroxylation is 1. The number of anilines is 1. The van der Waals surface area contributed by atoms with Crippen LogP contribution in [0.4, 0.5) is 10.1 Å². The summed E-state index contributed by atoms with van der Waals surface area (Å²) < 4.78 is 38.5. The maximum atomic E-state index is 13.3. The number of nitrogens with zero attached hydrogens (tertiary/aromatic N) is 2. The minimum absolute atomic E-state index is 0.0667. The summed E-state index contributed by atoms with van der Waals surface area (Å²) in [6.07, 6.45) is 2.38. The van der Waals surface area contributed by atoms with Gasteiger partial charge in [0.15, 0.2) is 5.69 Å². The van der Waals surface area contributed by atoms with E-state index in [0.717, 1.165) is 29.7 Å². The molecule has 0 radical (unpaired) electrons. The van der Waals surface area contributed by atoms with Crippen molar-refractivity contribution < 1.29 is 17.6 Å². The molecular weight excluding hydrogens is 407 g/mol. The van der Waals surface area contributed by atoms with Crippen molar-refractivity contribution in [2.45, 2.75) is 38.0 Å². The highest BCUT2D eigenvalue weighted by molar-refractivity contribution is 7.89. The molecule has 0 fully saturated rings. The van der Waals surface area contributed by atoms with E-state index >= 15 is 0 Å². The number of sulfonamides is 1. The van der Waals surface area contributed by atoms with Crippen LogP contribution in [-0.4, -0.2) is 24.1 Å². The average Bonchev–Trinajstić information content (AvgIpc) is 3.28. The summed E-state index contributed by atoms with van der Waals surface area (Å²) in [5.74, 6) is -0.774. The van der Waals surface area contributed by atoms with E-state index in [4.69, 9.17) is 5.14 Å². The standard InChI is InChI=1S/C21H21FN4O3S/c1-12-10-16(30(23,28)29)11-18(13(12)2)24-21(27)20-17-4-3-5-19(17)26(25-20)15-8-6-14(22)7-9-15/h6-11H,3-5H2,1-2H3,(H,24,27)(H2,23,28,29). The zero-order valence-electron chi connectivity index (χ0n) is 16.6. The Bertz CT molecular complexity index is 1260. The average molecular weight is 428 g/mol. The van der Waals surface area contributed by atoms with Crippen LogP contribution < -0.4 is 10.5 Å². The molecule has 1 aromatic heterocycles. The second-order valence-corrected chi connectivity index (χ2v) is 8.99. The van der Waals surface area contributed by atoms with E-state index in [1.54, 1.807) is 30.7 Å². The van der Waals surface area contributed by atoms with Crippen molar-refractivity contribution >= 4 is 21.6 Å². The van der Waals surface area contributed by atoms with Crippen molar-refractivity contribution in [1.29, 1.82) is 0 Å². The van der Waals surface area contributed by atoms with E-state index < -0.39 is 15.9 Å². The molecule has 30 heavy (non-hydrogen) atoms. The smallest absolute Gasteiger partial charge is 0.276 e. The van der Waals surface area contributed by atoms with Gasteiger partial charge in [-0.15, -0.1) is 0 Å². The maximum Gasteiger partial charge on any atom is 0.276 e. The van der Waals surface area contributed by atoms with Gasteiger partial charge in [0.2, 0.25) is 10.0 Å². The Labute approximate surface area is 173 Å². The lowest BCUT2D eigenvalue weighted by Gasteiger charge is -2.12. The molecule has 0 spiro atoms. The molecule has 156 valence electrons. The van der Waals surface area contributed by atoms with Crippen LogP contribution in [0.15, 0.2) is 41.3 Å². The molecule has 2 aromatic carbocycles. The van der Waals surface area contributed by atoms with Crippen LogP contribution in [0.2, 0.25) is 0 Å². The Balaban J connectivity index is 1.73. The Morgan fingerprint density at radius 3 is 2.53 bits per heavy atom. The Hall–Kier alpha value is -3.04. The van der Waals surface area contributed by atoms with Gasteiger partial charge in [0.1, 0.15) is 5.82 Å². The van der Waals surface area contributed by atoms with E-state index in [1.165, 1.54) is 24.3 Å². The van der Waals surface area contributed by atoms with Gasteiger partial charge in [0.25, 0.3) is 5.91 Å². The number of fused-ring (bicyclic) bond motifs is 1. The molecule has 1 aliphatic rings. The van der Waals surface area contributed by atoms with Crippen molar-refractivity contribution in [3.05, 3.63) is 70.3 Å². The molecule has 0 aliphatic heterocycles. The van der Waals surface area contributed by atoms with Crippen molar-refractivity contribution in [3.8, 4) is 5.69 Å². The zero-order valence-corrected chi connectivity index (χ0v) is 17.4. The predicted molar refractivity (Wildman–Crippen MR) is 111 cm³/mol. The van der Waals surface area contributed by atoms with Crippen LogP contribution >= 0.6 is 0 Å². The van der Waals surface area contributed by atoms with Gasteiger partial charge in [-0.2, -0.15) is 5.10 Å². The number of carbonyl (C=O) groups is 1. The molecule has 1 amide bonds. The summed E-state index contributed by atoms with van der Waals surface area (Å²) in [7, 11) is -3.91. The molecule has 4 rings (SSSR count). The summed E-state index contributed by atoms with van der Waals surface area (Å²) in [5.41, 5.74) is 4.55. The van der Waals surface area contributed by atoms with E-state index in [0.29, 0.717) is 23.4 Å². The fraction of sp³-hybridized carbons (Fsp3) is 0.238. The number of aromatic nitrogens is 2. The number of rotatable bonds is 4. The molecular formula is C21H21FN4O3S. The third-order valence-electron chi connectivity index (χ3n) is 5.43. The van der Waals surface area contributed by atoms with Crippen LogP contribution in [-0.2, 0) is 22.9 Å². The van der Waals surface area contributed by atoms with Gasteiger partial charge in [-0.3, -0.25) is 4.79 Å². The van der Waals surface area contributed by atoms with Crippen molar-refractivity contribution in [2.24, 2.45) is 5.14 Å². The van der Waals surface area contributed by atoms with Gasteiger partial charge in [-0.25, -0.2) is 22.6 Å². The minimum Gasteiger partial charge on any atom is -0.320 e. The van der Waals surface area contributed by atoms with Crippen molar-refractivity contribution in [3.63, 3.8) is 0 Å². The normalized spacial score (nSPS) is 13.3. The molecule has 3 N–H and O–H groups in total. The highest BCUT2D eigenvalue weighted by atomic mass is 32.2. The van der Waals surface area contributed by atoms with E-state index in [2.05, 4.69) is 10.4 Å². The number of amides is 1. The molecule has 3 aromatic rings. The van der Waals surface area contributed by atoms with Gasteiger partial charge in [-0.1, -0.05) is 0 Å². The summed E-state index contributed by atoms with van der Waals surface area (Å²) >= 11 is 0. The lowest BCUT2D eigenvalue weighted by molar-refractivity contribution is 0.102. The van der Waals surface area contributed by atoms with Crippen LogP contribution in [0.5, 0.6) is 0 Å². The molecule has 0 bridgehead atoms. The summed E-state index contributed by atoms with van der Waals surface area (Å²) in [6, 6.07) is 8.76. The van der Waals surface area contributed by atoms with Crippen LogP contribution in [0.1, 0.15) is 39.3 Å². The molecule has 0 unspecified atom stereocenters. The number of hydrogen-bond acceptors (Lipinski definition) is 4. The number of hydrogen-bond donors (Lipinski definition) is 2. The second-order valence-electron chi connectivity index (χ2n) is 7.43. The van der Waals surface area contributed by atoms with E-state index in [-0.39, 0.29) is 16.4 Å². The quantitative estimate of drug-likeness (QED) is 0.666. The fourth-order valence-corrected chi connectivity index (χ4v) is 4.34. The number of halogens is 1. The zero-order chi connectivity index (χ0) is 21.6. The lowest BCUT2D eigenvalue weighted by atomic mass is 10.1. The third kappa shape index (κ3) is 3.61. The second kappa shape index (κ2) is 7.33. The number of primary sulfonamides is 1. The molecule has 7 nitrogen and oxygen atoms in total. The van der Waals surface area contributed by atoms with Gasteiger partial charge in [0.05, 0.1) is 10.6 Å². The minimum atomic E-state index is -3.91. The number of nitrogens with two attached hydrogens (primary N) is 1. The predicted octanol–water partition coefficient (Wildman–Crippen LogP) is 3.02. The van der Waals surface area contributed by atoms with Gasteiger partial charge < -0.3 is 5.32 Å². The van der Waals surface area contributed by atoms with Crippen LogP contribution in [0.25, 0.3) is 5.69 Å². The molecule has 0 saturated heterocycles. The first-order valence-corrected chi connectivity index (χ1v) is 11.0. The topological polar surface area (TPSA) is 107 Å². The van der Waals surface area contributed by atoms with Gasteiger partial charge in [0, 0.05) is 16.9 Å². The SMILES string of the molecule is Cc1cc(S(N)(=O)=O)cc(NC(=O)c2nn(-c3ccc(F)cc3)c3c2CCC3)c1C. The van der Waals surface area contributed by atoms with Gasteiger partial charge in [-0.05, 0) is 80.6 Å².